The summed E-state index contributed by atoms with van der Waals surface area (Å²) in [7, 11) is 2.08. The number of rotatable bonds is 5. The maximum atomic E-state index is 10.8. The zero-order valence-electron chi connectivity index (χ0n) is 10.7. The molecule has 18 heavy (non-hydrogen) atoms. The van der Waals surface area contributed by atoms with Gasteiger partial charge in [-0.15, -0.1) is 0 Å². The molecule has 2 unspecified atom stereocenters. The van der Waals surface area contributed by atoms with Gasteiger partial charge in [0.25, 0.3) is 0 Å². The van der Waals surface area contributed by atoms with Gasteiger partial charge in [-0.2, -0.15) is 0 Å². The molecule has 1 aromatic carbocycles. The average Bonchev–Trinajstić information content (AvgIpc) is 2.96. The normalized spacial score (nSPS) is 22.2. The minimum atomic E-state index is -0.941. The van der Waals surface area contributed by atoms with Gasteiger partial charge < -0.3 is 10.0 Å². The van der Waals surface area contributed by atoms with Gasteiger partial charge in [0.2, 0.25) is 0 Å². The van der Waals surface area contributed by atoms with Crippen LogP contribution in [-0.2, 0) is 6.54 Å². The third-order valence-electron chi connectivity index (χ3n) is 3.56. The van der Waals surface area contributed by atoms with Crippen molar-refractivity contribution in [3.05, 3.63) is 34.3 Å². The van der Waals surface area contributed by atoms with Crippen LogP contribution in [0.25, 0.3) is 0 Å². The van der Waals surface area contributed by atoms with E-state index in [4.69, 9.17) is 16.7 Å². The maximum absolute atomic E-state index is 10.8. The van der Waals surface area contributed by atoms with Crippen LogP contribution < -0.4 is 0 Å². The highest BCUT2D eigenvalue weighted by Gasteiger charge is 2.33. The SMILES string of the molecule is CC1CC1CN(C)Cc1ccc(C(=O)O)cc1Cl. The van der Waals surface area contributed by atoms with E-state index in [-0.39, 0.29) is 5.56 Å². The molecule has 0 spiro atoms. The smallest absolute Gasteiger partial charge is 0.335 e. The van der Waals surface area contributed by atoms with Gasteiger partial charge in [-0.1, -0.05) is 24.6 Å². The van der Waals surface area contributed by atoms with Crippen LogP contribution in [0.4, 0.5) is 0 Å². The van der Waals surface area contributed by atoms with Crippen LogP contribution in [-0.4, -0.2) is 29.6 Å². The van der Waals surface area contributed by atoms with E-state index in [1.165, 1.54) is 12.5 Å². The van der Waals surface area contributed by atoms with E-state index >= 15 is 0 Å². The van der Waals surface area contributed by atoms with E-state index < -0.39 is 5.97 Å². The Hall–Kier alpha value is -1.06. The third-order valence-corrected chi connectivity index (χ3v) is 3.91. The molecule has 0 aliphatic heterocycles. The zero-order valence-corrected chi connectivity index (χ0v) is 11.4. The zero-order chi connectivity index (χ0) is 13.3. The quantitative estimate of drug-likeness (QED) is 0.891. The molecule has 0 aromatic heterocycles. The molecule has 0 bridgehead atoms. The van der Waals surface area contributed by atoms with Crippen LogP contribution in [0.15, 0.2) is 18.2 Å². The number of halogens is 1. The summed E-state index contributed by atoms with van der Waals surface area (Å²) in [6, 6.07) is 4.93. The largest absolute Gasteiger partial charge is 0.478 e. The highest BCUT2D eigenvalue weighted by molar-refractivity contribution is 6.31. The van der Waals surface area contributed by atoms with Crippen molar-refractivity contribution >= 4 is 17.6 Å². The predicted molar refractivity (Wildman–Crippen MR) is 72.0 cm³/mol. The van der Waals surface area contributed by atoms with Gasteiger partial charge in [0.15, 0.2) is 0 Å². The summed E-state index contributed by atoms with van der Waals surface area (Å²) in [6.45, 7) is 4.12. The van der Waals surface area contributed by atoms with Gasteiger partial charge in [0, 0.05) is 18.1 Å². The molecule has 0 radical (unpaired) electrons. The molecule has 1 fully saturated rings. The van der Waals surface area contributed by atoms with Crippen molar-refractivity contribution in [1.82, 2.24) is 4.90 Å². The van der Waals surface area contributed by atoms with Crippen molar-refractivity contribution in [1.29, 1.82) is 0 Å². The molecular weight excluding hydrogens is 250 g/mol. The molecule has 3 nitrogen and oxygen atoms in total. The first-order valence-electron chi connectivity index (χ1n) is 6.17. The Labute approximate surface area is 112 Å². The van der Waals surface area contributed by atoms with Crippen LogP contribution in [0.5, 0.6) is 0 Å². The van der Waals surface area contributed by atoms with Crippen molar-refractivity contribution in [3.8, 4) is 0 Å². The summed E-state index contributed by atoms with van der Waals surface area (Å²) in [5, 5.41) is 9.40. The highest BCUT2D eigenvalue weighted by Crippen LogP contribution is 2.38. The molecule has 98 valence electrons. The van der Waals surface area contributed by atoms with Crippen LogP contribution in [0.2, 0.25) is 5.02 Å². The summed E-state index contributed by atoms with van der Waals surface area (Å²) in [5.41, 5.74) is 1.22. The van der Waals surface area contributed by atoms with E-state index in [9.17, 15) is 4.79 Å². The Morgan fingerprint density at radius 1 is 1.56 bits per heavy atom. The van der Waals surface area contributed by atoms with Crippen molar-refractivity contribution < 1.29 is 9.90 Å². The minimum Gasteiger partial charge on any atom is -0.478 e. The number of hydrogen-bond donors (Lipinski definition) is 1. The third kappa shape index (κ3) is 3.24. The van der Waals surface area contributed by atoms with Crippen molar-refractivity contribution in [2.45, 2.75) is 19.9 Å². The molecule has 2 rings (SSSR count). The fourth-order valence-electron chi connectivity index (χ4n) is 2.22. The van der Waals surface area contributed by atoms with E-state index in [0.29, 0.717) is 5.02 Å². The molecule has 4 heteroatoms. The van der Waals surface area contributed by atoms with Gasteiger partial charge in [0.1, 0.15) is 0 Å². The van der Waals surface area contributed by atoms with Crippen LogP contribution in [0, 0.1) is 11.8 Å². The molecule has 0 saturated heterocycles. The second-order valence-electron chi connectivity index (χ2n) is 5.28. The Kier molecular flexibility index (Phi) is 3.93. The Bertz CT molecular complexity index is 461. The van der Waals surface area contributed by atoms with Crippen LogP contribution >= 0.6 is 11.6 Å². The first kappa shape index (κ1) is 13.4. The summed E-state index contributed by atoms with van der Waals surface area (Å²) in [5.74, 6) is 0.716. The molecule has 1 N–H and O–H groups in total. The Morgan fingerprint density at radius 3 is 2.72 bits per heavy atom. The number of benzene rings is 1. The summed E-state index contributed by atoms with van der Waals surface area (Å²) in [6.07, 6.45) is 1.32. The highest BCUT2D eigenvalue weighted by atomic mass is 35.5. The van der Waals surface area contributed by atoms with E-state index in [0.717, 1.165) is 30.5 Å². The lowest BCUT2D eigenvalue weighted by molar-refractivity contribution is 0.0697. The molecule has 0 heterocycles. The molecule has 1 saturated carbocycles. The number of hydrogen-bond acceptors (Lipinski definition) is 2. The fourth-order valence-corrected chi connectivity index (χ4v) is 2.46. The Balaban J connectivity index is 1.98. The standard InChI is InChI=1S/C14H18ClNO2/c1-9-5-12(9)8-16(2)7-11-4-3-10(14(17)18)6-13(11)15/h3-4,6,9,12H,5,7-8H2,1-2H3,(H,17,18). The van der Waals surface area contributed by atoms with Gasteiger partial charge >= 0.3 is 5.97 Å². The van der Waals surface area contributed by atoms with Crippen molar-refractivity contribution in [2.24, 2.45) is 11.8 Å². The fraction of sp³-hybridized carbons (Fsp3) is 0.500. The maximum Gasteiger partial charge on any atom is 0.335 e. The number of nitrogens with zero attached hydrogens (tertiary/aromatic N) is 1. The number of carbonyl (C=O) groups is 1. The average molecular weight is 268 g/mol. The van der Waals surface area contributed by atoms with Crippen molar-refractivity contribution in [3.63, 3.8) is 0 Å². The van der Waals surface area contributed by atoms with Gasteiger partial charge in [0.05, 0.1) is 5.56 Å². The molecule has 1 aromatic rings. The summed E-state index contributed by atoms with van der Waals surface area (Å²) >= 11 is 6.11. The monoisotopic (exact) mass is 267 g/mol. The topological polar surface area (TPSA) is 40.5 Å². The number of aromatic carboxylic acids is 1. The van der Waals surface area contributed by atoms with Crippen molar-refractivity contribution in [2.75, 3.05) is 13.6 Å². The molecule has 2 atom stereocenters. The van der Waals surface area contributed by atoms with Crippen LogP contribution in [0.1, 0.15) is 29.3 Å². The summed E-state index contributed by atoms with van der Waals surface area (Å²) < 4.78 is 0. The molecule has 1 aliphatic carbocycles. The van der Waals surface area contributed by atoms with Crippen LogP contribution in [0.3, 0.4) is 0 Å². The van der Waals surface area contributed by atoms with Gasteiger partial charge in [-0.25, -0.2) is 4.79 Å². The predicted octanol–water partition coefficient (Wildman–Crippen LogP) is 3.13. The lowest BCUT2D eigenvalue weighted by Crippen LogP contribution is -2.21. The van der Waals surface area contributed by atoms with Gasteiger partial charge in [-0.05, 0) is 43.0 Å². The second-order valence-corrected chi connectivity index (χ2v) is 5.69. The van der Waals surface area contributed by atoms with E-state index in [1.807, 2.05) is 0 Å². The molecule has 0 amide bonds. The summed E-state index contributed by atoms with van der Waals surface area (Å²) in [4.78, 5) is 13.1. The van der Waals surface area contributed by atoms with E-state index in [2.05, 4.69) is 18.9 Å². The first-order chi connectivity index (χ1) is 8.47. The van der Waals surface area contributed by atoms with E-state index in [1.54, 1.807) is 12.1 Å². The second kappa shape index (κ2) is 5.29. The first-order valence-corrected chi connectivity index (χ1v) is 6.55. The van der Waals surface area contributed by atoms with Gasteiger partial charge in [-0.3, -0.25) is 0 Å². The lowest BCUT2D eigenvalue weighted by atomic mass is 10.1. The number of carboxylic acid groups (broad SMARTS) is 1. The minimum absolute atomic E-state index is 0.238. The number of carboxylic acids is 1. The molecular formula is C14H18ClNO2. The Morgan fingerprint density at radius 2 is 2.22 bits per heavy atom. The molecule has 1 aliphatic rings. The lowest BCUT2D eigenvalue weighted by Gasteiger charge is -2.17.